The Morgan fingerprint density at radius 2 is 2.30 bits per heavy atom. The zero-order chi connectivity index (χ0) is 7.56. The van der Waals surface area contributed by atoms with Crippen LogP contribution in [0.3, 0.4) is 0 Å². The third kappa shape index (κ3) is 1.96. The van der Waals surface area contributed by atoms with E-state index in [1.165, 1.54) is 12.8 Å². The van der Waals surface area contributed by atoms with Gasteiger partial charge in [-0.3, -0.25) is 0 Å². The lowest BCUT2D eigenvalue weighted by Crippen LogP contribution is -2.11. The third-order valence-electron chi connectivity index (χ3n) is 1.94. The Morgan fingerprint density at radius 3 is 2.70 bits per heavy atom. The molecule has 10 heavy (non-hydrogen) atoms. The van der Waals surface area contributed by atoms with Gasteiger partial charge in [0, 0.05) is 0 Å². The third-order valence-corrected chi connectivity index (χ3v) is 1.94. The van der Waals surface area contributed by atoms with Gasteiger partial charge < -0.3 is 9.84 Å². The van der Waals surface area contributed by atoms with Crippen molar-refractivity contribution in [2.45, 2.75) is 51.4 Å². The fraction of sp³-hybridized carbons (Fsp3) is 1.00. The lowest BCUT2D eigenvalue weighted by Gasteiger charge is -1.95. The Bertz CT molecular complexity index is 101. The maximum atomic E-state index is 9.04. The molecule has 0 radical (unpaired) electrons. The number of ether oxygens (including phenoxy) is 1. The van der Waals surface area contributed by atoms with Gasteiger partial charge in [0.2, 0.25) is 0 Å². The first kappa shape index (κ1) is 8.02. The van der Waals surface area contributed by atoms with Gasteiger partial charge in [0.1, 0.15) is 6.10 Å². The van der Waals surface area contributed by atoms with Gasteiger partial charge in [-0.2, -0.15) is 0 Å². The maximum Gasteiger partial charge on any atom is 0.110 e. The summed E-state index contributed by atoms with van der Waals surface area (Å²) in [5.74, 6) is 0. The molecule has 0 amide bonds. The van der Waals surface area contributed by atoms with Crippen molar-refractivity contribution in [2.75, 3.05) is 0 Å². The Hall–Kier alpha value is -0.0800. The first-order valence-electron chi connectivity index (χ1n) is 4.09. The van der Waals surface area contributed by atoms with Crippen LogP contribution in [0.1, 0.15) is 33.1 Å². The summed E-state index contributed by atoms with van der Waals surface area (Å²) in [6.45, 7) is 3.95. The summed E-state index contributed by atoms with van der Waals surface area (Å²) in [4.78, 5) is 0. The van der Waals surface area contributed by atoms with Crippen LogP contribution in [0.25, 0.3) is 0 Å². The van der Waals surface area contributed by atoms with E-state index >= 15 is 0 Å². The summed E-state index contributed by atoms with van der Waals surface area (Å²) in [5.41, 5.74) is 0. The normalized spacial score (nSPS) is 33.9. The number of hydrogen-bond acceptors (Lipinski definition) is 2. The maximum absolute atomic E-state index is 9.04. The molecule has 1 saturated heterocycles. The first-order valence-corrected chi connectivity index (χ1v) is 4.09. The lowest BCUT2D eigenvalue weighted by molar-refractivity contribution is 0.152. The summed E-state index contributed by atoms with van der Waals surface area (Å²) < 4.78 is 5.23. The van der Waals surface area contributed by atoms with Crippen LogP contribution < -0.4 is 0 Å². The molecule has 1 heterocycles. The number of aliphatic hydroxyl groups is 1. The molecule has 0 bridgehead atoms. The van der Waals surface area contributed by atoms with Crippen molar-refractivity contribution in [3.8, 4) is 0 Å². The molecule has 0 aliphatic carbocycles. The van der Waals surface area contributed by atoms with Gasteiger partial charge in [-0.05, 0) is 13.3 Å². The van der Waals surface area contributed by atoms with Crippen molar-refractivity contribution in [3.63, 3.8) is 0 Å². The van der Waals surface area contributed by atoms with Crippen molar-refractivity contribution in [1.82, 2.24) is 0 Å². The average molecular weight is 144 g/mol. The molecule has 1 N–H and O–H groups in total. The number of epoxide rings is 1. The van der Waals surface area contributed by atoms with Crippen LogP contribution in [0, 0.1) is 0 Å². The molecule has 0 spiro atoms. The number of hydrogen-bond donors (Lipinski definition) is 1. The van der Waals surface area contributed by atoms with Gasteiger partial charge in [0.05, 0.1) is 12.2 Å². The van der Waals surface area contributed by atoms with E-state index in [1.807, 2.05) is 0 Å². The summed E-state index contributed by atoms with van der Waals surface area (Å²) in [5, 5.41) is 9.04. The molecule has 60 valence electrons. The Kier molecular flexibility index (Phi) is 2.69. The summed E-state index contributed by atoms with van der Waals surface area (Å²) in [7, 11) is 0. The minimum atomic E-state index is -0.276. The highest BCUT2D eigenvalue weighted by Crippen LogP contribution is 2.29. The molecule has 0 aromatic heterocycles. The van der Waals surface area contributed by atoms with Gasteiger partial charge >= 0.3 is 0 Å². The predicted molar refractivity (Wildman–Crippen MR) is 39.9 cm³/mol. The molecule has 1 rings (SSSR count). The SMILES string of the molecule is CCCC[C@@H]1O[C@@H]1[C@H](C)O. The fourth-order valence-corrected chi connectivity index (χ4v) is 1.22. The second kappa shape index (κ2) is 3.35. The second-order valence-electron chi connectivity index (χ2n) is 3.02. The van der Waals surface area contributed by atoms with Crippen molar-refractivity contribution in [2.24, 2.45) is 0 Å². The zero-order valence-corrected chi connectivity index (χ0v) is 6.71. The van der Waals surface area contributed by atoms with E-state index < -0.39 is 0 Å². The van der Waals surface area contributed by atoms with E-state index in [0.717, 1.165) is 6.42 Å². The van der Waals surface area contributed by atoms with Crippen molar-refractivity contribution in [3.05, 3.63) is 0 Å². The molecule has 0 unspecified atom stereocenters. The van der Waals surface area contributed by atoms with E-state index in [1.54, 1.807) is 6.92 Å². The van der Waals surface area contributed by atoms with E-state index in [-0.39, 0.29) is 12.2 Å². The monoisotopic (exact) mass is 144 g/mol. The number of unbranched alkanes of at least 4 members (excludes halogenated alkanes) is 1. The molecule has 0 saturated carbocycles. The predicted octanol–water partition coefficient (Wildman–Crippen LogP) is 1.32. The van der Waals surface area contributed by atoms with Crippen LogP contribution in [0.4, 0.5) is 0 Å². The van der Waals surface area contributed by atoms with Crippen LogP contribution in [-0.4, -0.2) is 23.4 Å². The van der Waals surface area contributed by atoms with Crippen LogP contribution in [0.15, 0.2) is 0 Å². The summed E-state index contributed by atoms with van der Waals surface area (Å²) in [6.07, 6.45) is 3.78. The molecular formula is C8H16O2. The fourth-order valence-electron chi connectivity index (χ4n) is 1.22. The average Bonchev–Trinajstić information content (AvgIpc) is 2.62. The molecule has 0 aromatic rings. The molecule has 1 aliphatic heterocycles. The Morgan fingerprint density at radius 1 is 1.60 bits per heavy atom. The van der Waals surface area contributed by atoms with Gasteiger partial charge in [-0.15, -0.1) is 0 Å². The van der Waals surface area contributed by atoms with Crippen LogP contribution in [0.5, 0.6) is 0 Å². The first-order chi connectivity index (χ1) is 4.75. The minimum Gasteiger partial charge on any atom is -0.391 e. The van der Waals surface area contributed by atoms with E-state index in [4.69, 9.17) is 9.84 Å². The van der Waals surface area contributed by atoms with Crippen LogP contribution in [-0.2, 0) is 4.74 Å². The summed E-state index contributed by atoms with van der Waals surface area (Å²) >= 11 is 0. The van der Waals surface area contributed by atoms with Crippen molar-refractivity contribution in [1.29, 1.82) is 0 Å². The molecule has 1 aliphatic rings. The van der Waals surface area contributed by atoms with Crippen molar-refractivity contribution < 1.29 is 9.84 Å². The largest absolute Gasteiger partial charge is 0.391 e. The van der Waals surface area contributed by atoms with E-state index in [9.17, 15) is 0 Å². The van der Waals surface area contributed by atoms with Crippen LogP contribution >= 0.6 is 0 Å². The quantitative estimate of drug-likeness (QED) is 0.604. The molecule has 0 aromatic carbocycles. The topological polar surface area (TPSA) is 32.8 Å². The van der Waals surface area contributed by atoms with Crippen LogP contribution in [0.2, 0.25) is 0 Å². The summed E-state index contributed by atoms with van der Waals surface area (Å²) in [6, 6.07) is 0. The molecular weight excluding hydrogens is 128 g/mol. The number of rotatable bonds is 4. The number of aliphatic hydroxyl groups excluding tert-OH is 1. The van der Waals surface area contributed by atoms with Gasteiger partial charge in [-0.1, -0.05) is 19.8 Å². The second-order valence-corrected chi connectivity index (χ2v) is 3.02. The molecule has 2 nitrogen and oxygen atoms in total. The molecule has 2 heteroatoms. The highest BCUT2D eigenvalue weighted by Gasteiger charge is 2.41. The minimum absolute atomic E-state index is 0.145. The van der Waals surface area contributed by atoms with Gasteiger partial charge in [0.15, 0.2) is 0 Å². The molecule has 1 fully saturated rings. The van der Waals surface area contributed by atoms with Crippen molar-refractivity contribution >= 4 is 0 Å². The van der Waals surface area contributed by atoms with Gasteiger partial charge in [-0.25, -0.2) is 0 Å². The lowest BCUT2D eigenvalue weighted by atomic mass is 10.1. The Balaban J connectivity index is 2.02. The zero-order valence-electron chi connectivity index (χ0n) is 6.71. The van der Waals surface area contributed by atoms with E-state index in [0.29, 0.717) is 6.10 Å². The Labute approximate surface area is 62.2 Å². The van der Waals surface area contributed by atoms with Gasteiger partial charge in [0.25, 0.3) is 0 Å². The standard InChI is InChI=1S/C8H16O2/c1-3-4-5-7-8(10-7)6(2)9/h6-9H,3-5H2,1-2H3/t6-,7-,8+/m0/s1. The van der Waals surface area contributed by atoms with E-state index in [2.05, 4.69) is 6.92 Å². The highest BCUT2D eigenvalue weighted by molar-refractivity contribution is 4.88. The molecule has 3 atom stereocenters. The highest BCUT2D eigenvalue weighted by atomic mass is 16.6. The smallest absolute Gasteiger partial charge is 0.110 e.